The van der Waals surface area contributed by atoms with E-state index < -0.39 is 0 Å². The second kappa shape index (κ2) is 8.99. The lowest BCUT2D eigenvalue weighted by atomic mass is 10.0. The predicted molar refractivity (Wildman–Crippen MR) is 103 cm³/mol. The second-order valence-corrected chi connectivity index (χ2v) is 6.23. The van der Waals surface area contributed by atoms with E-state index >= 15 is 0 Å². The first kappa shape index (κ1) is 19.4. The van der Waals surface area contributed by atoms with Crippen LogP contribution in [0.15, 0.2) is 54.6 Å². The van der Waals surface area contributed by atoms with Crippen LogP contribution >= 0.6 is 12.4 Å². The largest absolute Gasteiger partial charge is 0.375 e. The van der Waals surface area contributed by atoms with E-state index in [1.54, 1.807) is 0 Å². The van der Waals surface area contributed by atoms with Crippen molar-refractivity contribution in [3.05, 3.63) is 60.2 Å². The van der Waals surface area contributed by atoms with Gasteiger partial charge in [-0.3, -0.25) is 4.79 Å². The quantitative estimate of drug-likeness (QED) is 0.879. The first-order valence-corrected chi connectivity index (χ1v) is 8.46. The van der Waals surface area contributed by atoms with Gasteiger partial charge in [0.2, 0.25) is 5.91 Å². The van der Waals surface area contributed by atoms with Gasteiger partial charge in [0.15, 0.2) is 0 Å². The molecule has 0 saturated carbocycles. The van der Waals surface area contributed by atoms with Crippen LogP contribution in [0.1, 0.15) is 25.5 Å². The van der Waals surface area contributed by atoms with Gasteiger partial charge in [0.05, 0.1) is 18.8 Å². The summed E-state index contributed by atoms with van der Waals surface area (Å²) in [7, 11) is 0. The highest BCUT2D eigenvalue weighted by Crippen LogP contribution is 2.22. The molecule has 4 nitrogen and oxygen atoms in total. The summed E-state index contributed by atoms with van der Waals surface area (Å²) in [5.74, 6) is -0.0122. The number of amides is 1. The lowest BCUT2D eigenvalue weighted by Crippen LogP contribution is -2.55. The Morgan fingerprint density at radius 2 is 1.76 bits per heavy atom. The summed E-state index contributed by atoms with van der Waals surface area (Å²) < 4.78 is 5.54. The third-order valence-corrected chi connectivity index (χ3v) is 4.48. The van der Waals surface area contributed by atoms with Gasteiger partial charge in [-0.15, -0.1) is 12.4 Å². The van der Waals surface area contributed by atoms with Crippen LogP contribution in [0, 0.1) is 0 Å². The fraction of sp³-hybridized carbons (Fsp3) is 0.350. The Kier molecular flexibility index (Phi) is 7.00. The number of hydrogen-bond acceptors (Lipinski definition) is 3. The van der Waals surface area contributed by atoms with Gasteiger partial charge >= 0.3 is 0 Å². The number of nitrogens with one attached hydrogen (secondary N) is 2. The minimum atomic E-state index is -0.287. The predicted octanol–water partition coefficient (Wildman–Crippen LogP) is 3.33. The Hall–Kier alpha value is -1.88. The zero-order valence-corrected chi connectivity index (χ0v) is 15.4. The van der Waals surface area contributed by atoms with E-state index in [-0.39, 0.29) is 36.5 Å². The molecule has 0 aromatic heterocycles. The van der Waals surface area contributed by atoms with Crippen LogP contribution in [0.5, 0.6) is 0 Å². The van der Waals surface area contributed by atoms with Crippen molar-refractivity contribution < 1.29 is 9.53 Å². The van der Waals surface area contributed by atoms with Crippen molar-refractivity contribution in [3.8, 4) is 11.1 Å². The summed E-state index contributed by atoms with van der Waals surface area (Å²) in [5.41, 5.74) is 3.46. The molecule has 0 aliphatic carbocycles. The maximum atomic E-state index is 12.4. The molecule has 134 valence electrons. The first-order valence-electron chi connectivity index (χ1n) is 8.46. The Labute approximate surface area is 155 Å². The van der Waals surface area contributed by atoms with Crippen molar-refractivity contribution in [1.29, 1.82) is 0 Å². The van der Waals surface area contributed by atoms with E-state index in [1.165, 1.54) is 11.1 Å². The number of carbonyl (C=O) groups is 1. The van der Waals surface area contributed by atoms with Gasteiger partial charge in [-0.1, -0.05) is 54.6 Å². The Bertz CT molecular complexity index is 676. The minimum Gasteiger partial charge on any atom is -0.375 e. The van der Waals surface area contributed by atoms with Crippen LogP contribution in [0.25, 0.3) is 11.1 Å². The van der Waals surface area contributed by atoms with Crippen LogP contribution in [0.4, 0.5) is 0 Å². The van der Waals surface area contributed by atoms with Crippen molar-refractivity contribution in [2.45, 2.75) is 32.0 Å². The molecule has 0 radical (unpaired) electrons. The maximum Gasteiger partial charge on any atom is 0.240 e. The molecule has 3 rings (SSSR count). The van der Waals surface area contributed by atoms with Crippen LogP contribution in [0.2, 0.25) is 0 Å². The molecule has 1 unspecified atom stereocenters. The number of ether oxygens (including phenoxy) is 1. The molecule has 1 fully saturated rings. The number of rotatable bonds is 4. The van der Waals surface area contributed by atoms with Gasteiger partial charge in [0, 0.05) is 6.54 Å². The summed E-state index contributed by atoms with van der Waals surface area (Å²) in [6, 6.07) is 18.3. The molecule has 25 heavy (non-hydrogen) atoms. The SMILES string of the molecule is CC(NC(=O)[C@H]1NCCO[C@@H]1C)c1ccc(-c2ccccc2)cc1.Cl. The zero-order valence-electron chi connectivity index (χ0n) is 14.6. The van der Waals surface area contributed by atoms with Crippen molar-refractivity contribution in [2.75, 3.05) is 13.2 Å². The Morgan fingerprint density at radius 1 is 1.12 bits per heavy atom. The molecule has 2 aromatic carbocycles. The van der Waals surface area contributed by atoms with Crippen molar-refractivity contribution in [3.63, 3.8) is 0 Å². The number of carbonyl (C=O) groups excluding carboxylic acids is 1. The topological polar surface area (TPSA) is 50.4 Å². The Balaban J connectivity index is 0.00000225. The molecule has 1 heterocycles. The molecule has 3 atom stereocenters. The molecule has 1 amide bonds. The average molecular weight is 361 g/mol. The molecule has 0 bridgehead atoms. The second-order valence-electron chi connectivity index (χ2n) is 6.23. The number of halogens is 1. The molecule has 2 aromatic rings. The highest BCUT2D eigenvalue weighted by atomic mass is 35.5. The van der Waals surface area contributed by atoms with Gasteiger partial charge in [-0.05, 0) is 30.5 Å². The standard InChI is InChI=1S/C20H24N2O2.ClH/c1-14(22-20(23)19-15(2)24-13-12-21-19)16-8-10-18(11-9-16)17-6-4-3-5-7-17;/h3-11,14-15,19,21H,12-13H2,1-2H3,(H,22,23);1H/t14?,15-,19+;/m1./s1. The Morgan fingerprint density at radius 3 is 2.40 bits per heavy atom. The summed E-state index contributed by atoms with van der Waals surface area (Å²) in [4.78, 5) is 12.4. The minimum absolute atomic E-state index is 0. The van der Waals surface area contributed by atoms with E-state index in [0.717, 1.165) is 5.56 Å². The lowest BCUT2D eigenvalue weighted by molar-refractivity contribution is -0.129. The smallest absolute Gasteiger partial charge is 0.240 e. The number of hydrogen-bond donors (Lipinski definition) is 2. The van der Waals surface area contributed by atoms with E-state index in [1.807, 2.05) is 32.0 Å². The maximum absolute atomic E-state index is 12.4. The molecule has 2 N–H and O–H groups in total. The summed E-state index contributed by atoms with van der Waals surface area (Å²) in [6.45, 7) is 5.30. The van der Waals surface area contributed by atoms with Gasteiger partial charge in [-0.2, -0.15) is 0 Å². The van der Waals surface area contributed by atoms with Gasteiger partial charge in [-0.25, -0.2) is 0 Å². The molecule has 0 spiro atoms. The summed E-state index contributed by atoms with van der Waals surface area (Å²) >= 11 is 0. The van der Waals surface area contributed by atoms with Gasteiger partial charge < -0.3 is 15.4 Å². The number of benzene rings is 2. The molecule has 5 heteroatoms. The molecule has 1 saturated heterocycles. The molecular formula is C20H25ClN2O2. The first-order chi connectivity index (χ1) is 11.6. The molecule has 1 aliphatic rings. The third-order valence-electron chi connectivity index (χ3n) is 4.48. The highest BCUT2D eigenvalue weighted by Gasteiger charge is 2.29. The fourth-order valence-corrected chi connectivity index (χ4v) is 3.01. The highest BCUT2D eigenvalue weighted by molar-refractivity contribution is 5.85. The van der Waals surface area contributed by atoms with Crippen molar-refractivity contribution >= 4 is 18.3 Å². The lowest BCUT2D eigenvalue weighted by Gasteiger charge is -2.30. The van der Waals surface area contributed by atoms with E-state index in [4.69, 9.17) is 4.74 Å². The summed E-state index contributed by atoms with van der Waals surface area (Å²) in [5, 5.41) is 6.29. The van der Waals surface area contributed by atoms with Crippen molar-refractivity contribution in [2.24, 2.45) is 0 Å². The van der Waals surface area contributed by atoms with Crippen LogP contribution in [-0.2, 0) is 9.53 Å². The molecular weight excluding hydrogens is 336 g/mol. The fourth-order valence-electron chi connectivity index (χ4n) is 3.01. The third kappa shape index (κ3) is 4.82. The summed E-state index contributed by atoms with van der Waals surface area (Å²) in [6.07, 6.45) is -0.105. The van der Waals surface area contributed by atoms with Crippen molar-refractivity contribution in [1.82, 2.24) is 10.6 Å². The molecule has 1 aliphatic heterocycles. The van der Waals surface area contributed by atoms with Crippen LogP contribution < -0.4 is 10.6 Å². The monoisotopic (exact) mass is 360 g/mol. The van der Waals surface area contributed by atoms with Crippen LogP contribution in [0.3, 0.4) is 0 Å². The normalized spacial score (nSPS) is 21.0. The number of morpholine rings is 1. The van der Waals surface area contributed by atoms with Crippen LogP contribution in [-0.4, -0.2) is 31.2 Å². The van der Waals surface area contributed by atoms with Gasteiger partial charge in [0.25, 0.3) is 0 Å². The van der Waals surface area contributed by atoms with E-state index in [2.05, 4.69) is 47.0 Å². The van der Waals surface area contributed by atoms with E-state index in [0.29, 0.717) is 13.2 Å². The van der Waals surface area contributed by atoms with E-state index in [9.17, 15) is 4.79 Å². The van der Waals surface area contributed by atoms with Gasteiger partial charge in [0.1, 0.15) is 6.04 Å². The average Bonchev–Trinajstić information content (AvgIpc) is 2.63. The zero-order chi connectivity index (χ0) is 16.9.